The summed E-state index contributed by atoms with van der Waals surface area (Å²) in [5.41, 5.74) is 4.89. The molecule has 66 valence electrons. The van der Waals surface area contributed by atoms with Crippen molar-refractivity contribution in [1.29, 1.82) is 0 Å². The third-order valence-electron chi connectivity index (χ3n) is 0.812. The second-order valence-electron chi connectivity index (χ2n) is 1.99. The van der Waals surface area contributed by atoms with E-state index < -0.39 is 22.0 Å². The summed E-state index contributed by atoms with van der Waals surface area (Å²) in [7, 11) is -3.59. The van der Waals surface area contributed by atoms with Crippen molar-refractivity contribution in [2.24, 2.45) is 5.73 Å². The van der Waals surface area contributed by atoms with Gasteiger partial charge in [0.15, 0.2) is 0 Å². The van der Waals surface area contributed by atoms with E-state index in [1.165, 1.54) is 0 Å². The largest absolute Gasteiger partial charge is 0.382 e. The van der Waals surface area contributed by atoms with Crippen LogP contribution in [0.25, 0.3) is 0 Å². The number of aliphatic hydroxyl groups is 1. The molecule has 0 rings (SSSR count). The predicted octanol–water partition coefficient (Wildman–Crippen LogP) is -2.62. The number of aliphatic hydroxyl groups excluding tert-OH is 1. The Morgan fingerprint density at radius 2 is 2.18 bits per heavy atom. The van der Waals surface area contributed by atoms with Crippen LogP contribution >= 0.6 is 0 Å². The van der Waals surface area contributed by atoms with Gasteiger partial charge in [-0.1, -0.05) is 0 Å². The van der Waals surface area contributed by atoms with Gasteiger partial charge in [-0.2, -0.15) is 0 Å². The number of amides is 1. The lowest BCUT2D eigenvalue weighted by Gasteiger charge is -2.06. The van der Waals surface area contributed by atoms with Crippen molar-refractivity contribution in [3.8, 4) is 0 Å². The predicted molar refractivity (Wildman–Crippen MR) is 38.0 cm³/mol. The Bertz CT molecular complexity index is 234. The number of rotatable bonds is 3. The van der Waals surface area contributed by atoms with Crippen LogP contribution in [0.2, 0.25) is 0 Å². The monoisotopic (exact) mass is 182 g/mol. The summed E-state index contributed by atoms with van der Waals surface area (Å²) in [6, 6.07) is 0. The van der Waals surface area contributed by atoms with Crippen molar-refractivity contribution in [3.05, 3.63) is 0 Å². The third-order valence-corrected chi connectivity index (χ3v) is 1.38. The van der Waals surface area contributed by atoms with Crippen LogP contribution in [0.4, 0.5) is 0 Å². The molecule has 0 saturated heterocycles. The fourth-order valence-electron chi connectivity index (χ4n) is 0.358. The normalized spacial score (nSPS) is 14.1. The average Bonchev–Trinajstić information content (AvgIpc) is 1.82. The van der Waals surface area contributed by atoms with Crippen molar-refractivity contribution in [1.82, 2.24) is 4.72 Å². The topological polar surface area (TPSA) is 109 Å². The van der Waals surface area contributed by atoms with Crippen LogP contribution in [-0.2, 0) is 14.8 Å². The van der Waals surface area contributed by atoms with Gasteiger partial charge >= 0.3 is 0 Å². The highest BCUT2D eigenvalue weighted by Crippen LogP contribution is 1.81. The summed E-state index contributed by atoms with van der Waals surface area (Å²) >= 11 is 0. The van der Waals surface area contributed by atoms with E-state index in [-0.39, 0.29) is 6.54 Å². The molecular weight excluding hydrogens is 172 g/mol. The number of sulfonamides is 1. The van der Waals surface area contributed by atoms with E-state index in [2.05, 4.69) is 0 Å². The standard InChI is InChI=1S/C4H10N2O4S/c1-11(9,10)6-4(8)3(7)2-5/h3,7H,2,5H2,1H3,(H,6,8). The van der Waals surface area contributed by atoms with Crippen LogP contribution in [0.3, 0.4) is 0 Å². The molecule has 0 aliphatic heterocycles. The zero-order chi connectivity index (χ0) is 9.07. The number of carbonyl (C=O) groups excluding carboxylic acids is 1. The van der Waals surface area contributed by atoms with Crippen LogP contribution in [0.1, 0.15) is 0 Å². The molecule has 0 aliphatic carbocycles. The molecule has 4 N–H and O–H groups in total. The summed E-state index contributed by atoms with van der Waals surface area (Å²) in [5, 5.41) is 8.69. The molecule has 1 atom stereocenters. The first-order valence-corrected chi connectivity index (χ1v) is 4.65. The first-order valence-electron chi connectivity index (χ1n) is 2.76. The minimum atomic E-state index is -3.59. The highest BCUT2D eigenvalue weighted by atomic mass is 32.2. The zero-order valence-electron chi connectivity index (χ0n) is 5.94. The molecule has 11 heavy (non-hydrogen) atoms. The van der Waals surface area contributed by atoms with Gasteiger partial charge in [-0.25, -0.2) is 8.42 Å². The summed E-state index contributed by atoms with van der Waals surface area (Å²) in [6.07, 6.45) is -0.654. The molecule has 1 unspecified atom stereocenters. The van der Waals surface area contributed by atoms with E-state index in [1.807, 2.05) is 0 Å². The summed E-state index contributed by atoms with van der Waals surface area (Å²) in [6.45, 7) is -0.304. The smallest absolute Gasteiger partial charge is 0.263 e. The van der Waals surface area contributed by atoms with Gasteiger partial charge in [0.25, 0.3) is 5.91 Å². The number of hydrogen-bond donors (Lipinski definition) is 3. The lowest BCUT2D eigenvalue weighted by molar-refractivity contribution is -0.126. The minimum Gasteiger partial charge on any atom is -0.382 e. The number of nitrogens with one attached hydrogen (secondary N) is 1. The van der Waals surface area contributed by atoms with Crippen molar-refractivity contribution >= 4 is 15.9 Å². The van der Waals surface area contributed by atoms with E-state index in [0.29, 0.717) is 0 Å². The third kappa shape index (κ3) is 4.71. The van der Waals surface area contributed by atoms with Crippen molar-refractivity contribution in [2.45, 2.75) is 6.10 Å². The molecule has 0 saturated carbocycles. The highest BCUT2D eigenvalue weighted by Gasteiger charge is 2.15. The lowest BCUT2D eigenvalue weighted by atomic mass is 10.3. The second-order valence-corrected chi connectivity index (χ2v) is 3.74. The fourth-order valence-corrected chi connectivity index (χ4v) is 0.859. The Kier molecular flexibility index (Phi) is 3.43. The Hall–Kier alpha value is -0.660. The molecule has 0 aromatic carbocycles. The summed E-state index contributed by atoms with van der Waals surface area (Å²) in [5.74, 6) is -1.00. The molecule has 0 spiro atoms. The van der Waals surface area contributed by atoms with Gasteiger partial charge in [0.2, 0.25) is 10.0 Å². The number of hydrogen-bond acceptors (Lipinski definition) is 5. The Labute approximate surface area is 64.4 Å². The van der Waals surface area contributed by atoms with Crippen molar-refractivity contribution in [3.63, 3.8) is 0 Å². The van der Waals surface area contributed by atoms with E-state index >= 15 is 0 Å². The van der Waals surface area contributed by atoms with Crippen LogP contribution in [0.15, 0.2) is 0 Å². The van der Waals surface area contributed by atoms with Crippen LogP contribution in [-0.4, -0.2) is 38.3 Å². The van der Waals surface area contributed by atoms with Gasteiger partial charge in [0.05, 0.1) is 6.26 Å². The highest BCUT2D eigenvalue weighted by molar-refractivity contribution is 7.89. The van der Waals surface area contributed by atoms with Gasteiger partial charge in [0, 0.05) is 6.54 Å². The summed E-state index contributed by atoms with van der Waals surface area (Å²) in [4.78, 5) is 10.6. The van der Waals surface area contributed by atoms with Crippen LogP contribution in [0.5, 0.6) is 0 Å². The Morgan fingerprint density at radius 1 is 1.73 bits per heavy atom. The Balaban J connectivity index is 4.10. The minimum absolute atomic E-state index is 0.304. The van der Waals surface area contributed by atoms with E-state index in [9.17, 15) is 13.2 Å². The van der Waals surface area contributed by atoms with Crippen LogP contribution in [0, 0.1) is 0 Å². The van der Waals surface area contributed by atoms with Gasteiger partial charge < -0.3 is 10.8 Å². The molecule has 0 aromatic rings. The van der Waals surface area contributed by atoms with Gasteiger partial charge in [0.1, 0.15) is 6.10 Å². The molecule has 0 aromatic heterocycles. The Morgan fingerprint density at radius 3 is 2.45 bits per heavy atom. The molecule has 1 amide bonds. The molecular formula is C4H10N2O4S. The second kappa shape index (κ2) is 3.65. The average molecular weight is 182 g/mol. The first-order chi connectivity index (χ1) is 4.87. The molecule has 0 bridgehead atoms. The van der Waals surface area contributed by atoms with E-state index in [0.717, 1.165) is 6.26 Å². The van der Waals surface area contributed by atoms with Crippen molar-refractivity contribution in [2.75, 3.05) is 12.8 Å². The maximum atomic E-state index is 10.6. The quantitative estimate of drug-likeness (QED) is 0.442. The maximum Gasteiger partial charge on any atom is 0.263 e. The summed E-state index contributed by atoms with van der Waals surface area (Å²) < 4.78 is 22.3. The van der Waals surface area contributed by atoms with E-state index in [4.69, 9.17) is 10.8 Å². The van der Waals surface area contributed by atoms with Crippen molar-refractivity contribution < 1.29 is 18.3 Å². The van der Waals surface area contributed by atoms with E-state index in [1.54, 1.807) is 4.72 Å². The lowest BCUT2D eigenvalue weighted by Crippen LogP contribution is -2.41. The first kappa shape index (κ1) is 10.3. The number of carbonyl (C=O) groups is 1. The molecule has 0 radical (unpaired) electrons. The maximum absolute atomic E-state index is 10.6. The zero-order valence-corrected chi connectivity index (χ0v) is 6.76. The van der Waals surface area contributed by atoms with Gasteiger partial charge in [-0.15, -0.1) is 0 Å². The number of nitrogens with two attached hydrogens (primary N) is 1. The SMILES string of the molecule is CS(=O)(=O)NC(=O)C(O)CN. The van der Waals surface area contributed by atoms with Gasteiger partial charge in [-0.05, 0) is 0 Å². The molecule has 0 heterocycles. The molecule has 6 nitrogen and oxygen atoms in total. The molecule has 0 fully saturated rings. The molecule has 7 heteroatoms. The molecule has 0 aliphatic rings. The van der Waals surface area contributed by atoms with Gasteiger partial charge in [-0.3, -0.25) is 9.52 Å². The fraction of sp³-hybridized carbons (Fsp3) is 0.750. The van der Waals surface area contributed by atoms with Crippen LogP contribution < -0.4 is 10.5 Å².